The molecule has 294 valence electrons. The fraction of sp³-hybridized carbons (Fsp3) is 0. The third-order valence-corrected chi connectivity index (χ3v) is 13.7. The van der Waals surface area contributed by atoms with Gasteiger partial charge in [0.05, 0.1) is 38.0 Å². The van der Waals surface area contributed by atoms with Crippen LogP contribution in [0, 0.1) is 0 Å². The van der Waals surface area contributed by atoms with Gasteiger partial charge in [-0.25, -0.2) is 4.98 Å². The molecule has 0 bridgehead atoms. The Morgan fingerprint density at radius 3 is 1.78 bits per heavy atom. The minimum absolute atomic E-state index is 0.891. The molecule has 0 unspecified atom stereocenters. The van der Waals surface area contributed by atoms with Crippen molar-refractivity contribution in [2.24, 2.45) is 0 Å². The number of rotatable bonds is 6. The molecular formula is C58H36N4S. The second-order valence-electron chi connectivity index (χ2n) is 16.2. The van der Waals surface area contributed by atoms with Crippen LogP contribution < -0.4 is 0 Å². The maximum atomic E-state index is 5.35. The maximum Gasteiger partial charge on any atom is 0.138 e. The first-order valence-electron chi connectivity index (χ1n) is 21.3. The quantitative estimate of drug-likeness (QED) is 0.167. The van der Waals surface area contributed by atoms with Crippen molar-refractivity contribution >= 4 is 75.3 Å². The highest BCUT2D eigenvalue weighted by Crippen LogP contribution is 2.40. The van der Waals surface area contributed by atoms with E-state index in [2.05, 4.69) is 215 Å². The van der Waals surface area contributed by atoms with E-state index in [1.807, 2.05) is 12.3 Å². The number of benzene rings is 8. The van der Waals surface area contributed by atoms with Crippen LogP contribution in [0.5, 0.6) is 0 Å². The second-order valence-corrected chi connectivity index (χ2v) is 17.3. The summed E-state index contributed by atoms with van der Waals surface area (Å²) in [6.45, 7) is 0. The van der Waals surface area contributed by atoms with Crippen LogP contribution >= 0.6 is 11.3 Å². The number of hydrogen-bond acceptors (Lipinski definition) is 3. The summed E-state index contributed by atoms with van der Waals surface area (Å²) in [5.41, 5.74) is 15.8. The van der Waals surface area contributed by atoms with E-state index in [1.54, 1.807) is 11.3 Å². The Balaban J connectivity index is 0.961. The van der Waals surface area contributed by atoms with Crippen molar-refractivity contribution in [1.82, 2.24) is 19.1 Å². The van der Waals surface area contributed by atoms with Gasteiger partial charge in [-0.05, 0) is 112 Å². The number of fused-ring (bicyclic) bond motifs is 9. The fourth-order valence-electron chi connectivity index (χ4n) is 9.61. The first-order chi connectivity index (χ1) is 31.2. The average molecular weight is 821 g/mol. The van der Waals surface area contributed by atoms with Gasteiger partial charge in [-0.15, -0.1) is 11.3 Å². The van der Waals surface area contributed by atoms with E-state index in [4.69, 9.17) is 9.97 Å². The monoisotopic (exact) mass is 820 g/mol. The zero-order valence-corrected chi connectivity index (χ0v) is 34.8. The van der Waals surface area contributed by atoms with Gasteiger partial charge in [0.2, 0.25) is 0 Å². The fourth-order valence-corrected chi connectivity index (χ4v) is 10.7. The van der Waals surface area contributed by atoms with Crippen molar-refractivity contribution in [3.8, 4) is 56.1 Å². The predicted molar refractivity (Wildman–Crippen MR) is 265 cm³/mol. The molecule has 0 saturated heterocycles. The van der Waals surface area contributed by atoms with Gasteiger partial charge in [-0.1, -0.05) is 133 Å². The molecule has 0 aliphatic rings. The highest BCUT2D eigenvalue weighted by atomic mass is 32.1. The van der Waals surface area contributed by atoms with Gasteiger partial charge in [0, 0.05) is 49.1 Å². The number of hydrogen-bond donors (Lipinski definition) is 0. The molecule has 63 heavy (non-hydrogen) atoms. The summed E-state index contributed by atoms with van der Waals surface area (Å²) in [6, 6.07) is 76.7. The summed E-state index contributed by atoms with van der Waals surface area (Å²) in [5.74, 6) is 0.891. The molecular weight excluding hydrogens is 785 g/mol. The smallest absolute Gasteiger partial charge is 0.138 e. The number of aromatic nitrogens is 4. The summed E-state index contributed by atoms with van der Waals surface area (Å²) in [5, 5.41) is 6.05. The van der Waals surface area contributed by atoms with Crippen LogP contribution in [0.25, 0.3) is 120 Å². The van der Waals surface area contributed by atoms with Gasteiger partial charge in [0.15, 0.2) is 0 Å². The molecule has 0 N–H and O–H groups in total. The van der Waals surface area contributed by atoms with Crippen molar-refractivity contribution in [3.63, 3.8) is 0 Å². The van der Waals surface area contributed by atoms with Gasteiger partial charge in [0.1, 0.15) is 5.82 Å². The van der Waals surface area contributed by atoms with E-state index in [9.17, 15) is 0 Å². The largest absolute Gasteiger partial charge is 0.309 e. The summed E-state index contributed by atoms with van der Waals surface area (Å²) in [6.07, 6.45) is 1.89. The highest BCUT2D eigenvalue weighted by molar-refractivity contribution is 7.25. The predicted octanol–water partition coefficient (Wildman–Crippen LogP) is 15.7. The molecule has 0 atom stereocenters. The van der Waals surface area contributed by atoms with Crippen LogP contribution in [0.1, 0.15) is 0 Å². The molecule has 13 aromatic rings. The van der Waals surface area contributed by atoms with Crippen LogP contribution in [-0.2, 0) is 0 Å². The molecule has 0 aliphatic heterocycles. The normalized spacial score (nSPS) is 11.8. The third kappa shape index (κ3) is 5.82. The molecule has 0 saturated carbocycles. The average Bonchev–Trinajstić information content (AvgIpc) is 4.01. The van der Waals surface area contributed by atoms with Crippen molar-refractivity contribution < 1.29 is 0 Å². The van der Waals surface area contributed by atoms with E-state index in [1.165, 1.54) is 69.6 Å². The number of nitrogens with zero attached hydrogens (tertiary/aromatic N) is 4. The standard InChI is InChI=1S/C58H36N4S/c1-3-13-37(14-4-1)43-34-50(38-15-5-2-6-16-38)60-57(36-43)62-52-22-10-8-20-46(52)48-32-40(25-28-53(48)62)42-24-27-47-45-19-7-9-21-51(45)61(54(47)35-42)44-18-11-17-39(31-44)41-26-29-55-49(33-41)58-56(63-55)23-12-30-59-58/h1-36H. The summed E-state index contributed by atoms with van der Waals surface area (Å²) in [7, 11) is 0. The van der Waals surface area contributed by atoms with Gasteiger partial charge >= 0.3 is 0 Å². The Kier molecular flexibility index (Phi) is 8.05. The lowest BCUT2D eigenvalue weighted by molar-refractivity contribution is 1.08. The zero-order valence-electron chi connectivity index (χ0n) is 34.0. The van der Waals surface area contributed by atoms with Crippen molar-refractivity contribution in [2.75, 3.05) is 0 Å². The molecule has 0 radical (unpaired) electrons. The van der Waals surface area contributed by atoms with E-state index < -0.39 is 0 Å². The SMILES string of the molecule is c1ccc(-c2cc(-c3ccccc3)nc(-n3c4ccccc4c4cc(-c5ccc6c7ccccc7n(-c7cccc(-c8ccc9sc%10cccnc%10c9c8)c7)c6c5)ccc43)c2)cc1. The molecule has 5 heterocycles. The summed E-state index contributed by atoms with van der Waals surface area (Å²) < 4.78 is 7.23. The lowest BCUT2D eigenvalue weighted by Crippen LogP contribution is -2.00. The summed E-state index contributed by atoms with van der Waals surface area (Å²) in [4.78, 5) is 10.1. The van der Waals surface area contributed by atoms with Crippen molar-refractivity contribution in [3.05, 3.63) is 219 Å². The zero-order chi connectivity index (χ0) is 41.4. The van der Waals surface area contributed by atoms with Gasteiger partial charge < -0.3 is 4.57 Å². The van der Waals surface area contributed by atoms with E-state index >= 15 is 0 Å². The lowest BCUT2D eigenvalue weighted by atomic mass is 10.0. The van der Waals surface area contributed by atoms with Crippen LogP contribution in [0.2, 0.25) is 0 Å². The number of pyridine rings is 2. The Morgan fingerprint density at radius 1 is 0.333 bits per heavy atom. The Bertz CT molecular complexity index is 3860. The van der Waals surface area contributed by atoms with Crippen LogP contribution in [-0.4, -0.2) is 19.1 Å². The molecule has 5 heteroatoms. The molecule has 5 aromatic heterocycles. The Morgan fingerprint density at radius 2 is 0.952 bits per heavy atom. The summed E-state index contributed by atoms with van der Waals surface area (Å²) >= 11 is 1.80. The van der Waals surface area contributed by atoms with Crippen LogP contribution in [0.15, 0.2) is 219 Å². The molecule has 8 aromatic carbocycles. The molecule has 13 rings (SSSR count). The number of thiophene rings is 1. The second kappa shape index (κ2) is 14.2. The van der Waals surface area contributed by atoms with Crippen molar-refractivity contribution in [2.45, 2.75) is 0 Å². The number of para-hydroxylation sites is 2. The topological polar surface area (TPSA) is 35.6 Å². The van der Waals surface area contributed by atoms with Gasteiger partial charge in [-0.3, -0.25) is 9.55 Å². The molecule has 0 spiro atoms. The maximum absolute atomic E-state index is 5.35. The third-order valence-electron chi connectivity index (χ3n) is 12.6. The molecule has 0 amide bonds. The van der Waals surface area contributed by atoms with E-state index in [0.29, 0.717) is 0 Å². The molecule has 4 nitrogen and oxygen atoms in total. The first kappa shape index (κ1) is 35.6. The van der Waals surface area contributed by atoms with Crippen molar-refractivity contribution in [1.29, 1.82) is 0 Å². The molecule has 0 fully saturated rings. The van der Waals surface area contributed by atoms with Gasteiger partial charge in [0.25, 0.3) is 0 Å². The Labute approximate surface area is 367 Å². The molecule has 0 aliphatic carbocycles. The first-order valence-corrected chi connectivity index (χ1v) is 22.1. The minimum Gasteiger partial charge on any atom is -0.309 e. The van der Waals surface area contributed by atoms with E-state index in [-0.39, 0.29) is 0 Å². The van der Waals surface area contributed by atoms with Crippen LogP contribution in [0.3, 0.4) is 0 Å². The van der Waals surface area contributed by atoms with E-state index in [0.717, 1.165) is 50.4 Å². The van der Waals surface area contributed by atoms with Crippen LogP contribution in [0.4, 0.5) is 0 Å². The lowest BCUT2D eigenvalue weighted by Gasteiger charge is -2.13. The highest BCUT2D eigenvalue weighted by Gasteiger charge is 2.19. The Hall–Kier alpha value is -8.12. The minimum atomic E-state index is 0.891. The van der Waals surface area contributed by atoms with Gasteiger partial charge in [-0.2, -0.15) is 0 Å².